The Morgan fingerprint density at radius 3 is 2.46 bits per heavy atom. The highest BCUT2D eigenvalue weighted by atomic mass is 31.2. The van der Waals surface area contributed by atoms with Crippen LogP contribution in [0.15, 0.2) is 42.5 Å². The van der Waals surface area contributed by atoms with Gasteiger partial charge in [0.2, 0.25) is 0 Å². The first-order valence-electron chi connectivity index (χ1n) is 9.75. The Hall–Kier alpha value is -1.19. The predicted molar refractivity (Wildman–Crippen MR) is 105 cm³/mol. The van der Waals surface area contributed by atoms with Gasteiger partial charge in [-0.15, -0.1) is 0 Å². The third-order valence-corrected chi connectivity index (χ3v) is 7.73. The zero-order chi connectivity index (χ0) is 18.2. The Kier molecular flexibility index (Phi) is 4.96. The molecular formula is C21H28NO3P. The van der Waals surface area contributed by atoms with Crippen LogP contribution in [0.2, 0.25) is 0 Å². The van der Waals surface area contributed by atoms with Gasteiger partial charge in [-0.25, -0.2) is 9.24 Å². The summed E-state index contributed by atoms with van der Waals surface area (Å²) in [4.78, 5) is 0. The lowest BCUT2D eigenvalue weighted by Crippen LogP contribution is -2.26. The summed E-state index contributed by atoms with van der Waals surface area (Å²) in [5.74, 6) is 0.549. The normalized spacial score (nSPS) is 25.5. The molecule has 0 bridgehead atoms. The Morgan fingerprint density at radius 1 is 1.08 bits per heavy atom. The lowest BCUT2D eigenvalue weighted by atomic mass is 9.93. The summed E-state index contributed by atoms with van der Waals surface area (Å²) in [7, 11) is -3.18. The standard InChI is InChI=1S/C21H28NO3P/c1-3-11-24-26(23,25-12-4-2)22-15-20-14-21(20,16-22)19-10-9-17-7-5-6-8-18(17)13-19/h5-10,13,20H,3-4,11-12,14-16H2,1-2H3/t20-,21+/m1/s1. The molecule has 0 amide bonds. The molecule has 4 rings (SSSR count). The highest BCUT2D eigenvalue weighted by Gasteiger charge is 2.63. The summed E-state index contributed by atoms with van der Waals surface area (Å²) in [6, 6.07) is 15.2. The lowest BCUT2D eigenvalue weighted by molar-refractivity contribution is 0.159. The summed E-state index contributed by atoms with van der Waals surface area (Å²) in [6.07, 6.45) is 2.85. The summed E-state index contributed by atoms with van der Waals surface area (Å²) < 4.78 is 26.8. The van der Waals surface area contributed by atoms with Crippen LogP contribution in [-0.4, -0.2) is 31.0 Å². The van der Waals surface area contributed by atoms with Crippen LogP contribution in [0.5, 0.6) is 0 Å². The third kappa shape index (κ3) is 3.14. The van der Waals surface area contributed by atoms with Crippen molar-refractivity contribution >= 4 is 18.5 Å². The number of benzene rings is 2. The van der Waals surface area contributed by atoms with Crippen LogP contribution in [0.3, 0.4) is 0 Å². The molecule has 0 N–H and O–H groups in total. The van der Waals surface area contributed by atoms with Crippen molar-refractivity contribution in [3.8, 4) is 0 Å². The molecule has 0 unspecified atom stereocenters. The SMILES string of the molecule is CCCOP(=O)(OCCC)N1C[C@H]2C[C@@]2(c2ccc3ccccc3c2)C1. The van der Waals surface area contributed by atoms with Crippen molar-refractivity contribution in [2.75, 3.05) is 26.3 Å². The number of rotatable bonds is 8. The molecule has 2 aromatic carbocycles. The maximum Gasteiger partial charge on any atom is 0.408 e. The van der Waals surface area contributed by atoms with Gasteiger partial charge in [0.15, 0.2) is 0 Å². The van der Waals surface area contributed by atoms with Crippen molar-refractivity contribution < 1.29 is 13.6 Å². The van der Waals surface area contributed by atoms with Gasteiger partial charge >= 0.3 is 7.75 Å². The summed E-state index contributed by atoms with van der Waals surface area (Å²) in [5, 5.41) is 2.54. The fourth-order valence-electron chi connectivity index (χ4n) is 4.20. The van der Waals surface area contributed by atoms with Crippen molar-refractivity contribution in [2.45, 2.75) is 38.5 Å². The fraction of sp³-hybridized carbons (Fsp3) is 0.524. The van der Waals surface area contributed by atoms with Gasteiger partial charge < -0.3 is 0 Å². The van der Waals surface area contributed by atoms with Gasteiger partial charge in [-0.3, -0.25) is 9.05 Å². The fourth-order valence-corrected chi connectivity index (χ4v) is 6.25. The van der Waals surface area contributed by atoms with Gasteiger partial charge in [0, 0.05) is 18.5 Å². The maximum absolute atomic E-state index is 13.4. The predicted octanol–water partition coefficient (Wildman–Crippen LogP) is 5.37. The van der Waals surface area contributed by atoms with Crippen molar-refractivity contribution in [3.63, 3.8) is 0 Å². The molecule has 1 heterocycles. The van der Waals surface area contributed by atoms with Crippen LogP contribution in [0.25, 0.3) is 10.8 Å². The molecule has 1 aliphatic carbocycles. The molecule has 26 heavy (non-hydrogen) atoms. The second-order valence-corrected chi connectivity index (χ2v) is 9.62. The van der Waals surface area contributed by atoms with Crippen LogP contribution in [0.4, 0.5) is 0 Å². The van der Waals surface area contributed by atoms with E-state index in [1.54, 1.807) is 0 Å². The van der Waals surface area contributed by atoms with E-state index in [1.807, 2.05) is 18.5 Å². The first kappa shape index (κ1) is 18.2. The van der Waals surface area contributed by atoms with Crippen LogP contribution >= 0.6 is 7.75 Å². The molecule has 1 saturated heterocycles. The highest BCUT2D eigenvalue weighted by Crippen LogP contribution is 2.66. The lowest BCUT2D eigenvalue weighted by Gasteiger charge is -2.29. The monoisotopic (exact) mass is 373 g/mol. The zero-order valence-electron chi connectivity index (χ0n) is 15.7. The van der Waals surface area contributed by atoms with Gasteiger partial charge in [-0.1, -0.05) is 56.3 Å². The molecule has 2 aliphatic rings. The van der Waals surface area contributed by atoms with E-state index in [0.717, 1.165) is 25.9 Å². The number of fused-ring (bicyclic) bond motifs is 2. The molecule has 2 aromatic rings. The van der Waals surface area contributed by atoms with Crippen molar-refractivity contribution in [1.82, 2.24) is 4.67 Å². The number of hydrogen-bond acceptors (Lipinski definition) is 3. The first-order chi connectivity index (χ1) is 12.6. The van der Waals surface area contributed by atoms with Crippen LogP contribution in [0.1, 0.15) is 38.7 Å². The molecule has 4 nitrogen and oxygen atoms in total. The van der Waals surface area contributed by atoms with Gasteiger partial charge in [0.05, 0.1) is 13.2 Å². The smallest absolute Gasteiger partial charge is 0.297 e. The molecular weight excluding hydrogens is 345 g/mol. The molecule has 0 spiro atoms. The molecule has 0 aromatic heterocycles. The van der Waals surface area contributed by atoms with E-state index in [-0.39, 0.29) is 5.41 Å². The molecule has 5 heteroatoms. The number of hydrogen-bond donors (Lipinski definition) is 0. The highest BCUT2D eigenvalue weighted by molar-refractivity contribution is 7.51. The molecule has 2 atom stereocenters. The van der Waals surface area contributed by atoms with Crippen molar-refractivity contribution in [3.05, 3.63) is 48.0 Å². The first-order valence-corrected chi connectivity index (χ1v) is 11.2. The van der Waals surface area contributed by atoms with Crippen molar-refractivity contribution in [2.24, 2.45) is 5.92 Å². The van der Waals surface area contributed by atoms with Crippen LogP contribution < -0.4 is 0 Å². The minimum absolute atomic E-state index is 0.116. The van der Waals surface area contributed by atoms with Gasteiger partial charge in [-0.05, 0) is 41.5 Å². The Bertz CT molecular complexity index is 827. The quantitative estimate of drug-likeness (QED) is 0.583. The third-order valence-electron chi connectivity index (χ3n) is 5.72. The van der Waals surface area contributed by atoms with E-state index in [1.165, 1.54) is 22.8 Å². The summed E-state index contributed by atoms with van der Waals surface area (Å²) >= 11 is 0. The number of piperidine rings is 1. The molecule has 0 radical (unpaired) electrons. The van der Waals surface area contributed by atoms with E-state index < -0.39 is 7.75 Å². The Labute approximate surface area is 156 Å². The number of nitrogens with zero attached hydrogens (tertiary/aromatic N) is 1. The van der Waals surface area contributed by atoms with Crippen LogP contribution in [0, 0.1) is 5.92 Å². The minimum atomic E-state index is -3.18. The summed E-state index contributed by atoms with van der Waals surface area (Å²) in [5.41, 5.74) is 1.48. The average Bonchev–Trinajstić information content (AvgIpc) is 3.25. The van der Waals surface area contributed by atoms with E-state index in [0.29, 0.717) is 19.1 Å². The van der Waals surface area contributed by atoms with E-state index in [9.17, 15) is 4.57 Å². The average molecular weight is 373 g/mol. The molecule has 140 valence electrons. The maximum atomic E-state index is 13.4. The Balaban J connectivity index is 1.57. The van der Waals surface area contributed by atoms with Gasteiger partial charge in [0.25, 0.3) is 0 Å². The molecule has 1 aliphatic heterocycles. The van der Waals surface area contributed by atoms with E-state index in [4.69, 9.17) is 9.05 Å². The van der Waals surface area contributed by atoms with Crippen molar-refractivity contribution in [1.29, 1.82) is 0 Å². The molecule has 1 saturated carbocycles. The van der Waals surface area contributed by atoms with E-state index >= 15 is 0 Å². The zero-order valence-corrected chi connectivity index (χ0v) is 16.6. The second-order valence-electron chi connectivity index (χ2n) is 7.60. The summed E-state index contributed by atoms with van der Waals surface area (Å²) in [6.45, 7) is 6.58. The second kappa shape index (κ2) is 7.09. The van der Waals surface area contributed by atoms with Gasteiger partial charge in [0.1, 0.15) is 0 Å². The Morgan fingerprint density at radius 2 is 1.77 bits per heavy atom. The minimum Gasteiger partial charge on any atom is -0.297 e. The molecule has 2 fully saturated rings. The van der Waals surface area contributed by atoms with Crippen LogP contribution in [-0.2, 0) is 19.0 Å². The largest absolute Gasteiger partial charge is 0.408 e. The topological polar surface area (TPSA) is 38.8 Å². The van der Waals surface area contributed by atoms with E-state index in [2.05, 4.69) is 42.5 Å². The van der Waals surface area contributed by atoms with Gasteiger partial charge in [-0.2, -0.15) is 0 Å².